The molecule has 2 aromatic heterocycles. The molecule has 184 valence electrons. The number of carbonyl (C=O) groups excluding carboxylic acids is 1. The Morgan fingerprint density at radius 2 is 1.97 bits per heavy atom. The van der Waals surface area contributed by atoms with Crippen LogP contribution in [0.3, 0.4) is 0 Å². The molecule has 0 radical (unpaired) electrons. The van der Waals surface area contributed by atoms with Crippen molar-refractivity contribution in [3.63, 3.8) is 0 Å². The highest BCUT2D eigenvalue weighted by Crippen LogP contribution is 2.40. The second-order valence-corrected chi connectivity index (χ2v) is 8.98. The number of rotatable bonds is 9. The zero-order valence-corrected chi connectivity index (χ0v) is 20.9. The van der Waals surface area contributed by atoms with E-state index >= 15 is 0 Å². The van der Waals surface area contributed by atoms with Crippen molar-refractivity contribution in [1.82, 2.24) is 19.8 Å². The van der Waals surface area contributed by atoms with E-state index in [0.29, 0.717) is 24.0 Å². The predicted molar refractivity (Wildman–Crippen MR) is 138 cm³/mol. The van der Waals surface area contributed by atoms with Crippen LogP contribution in [0.4, 0.5) is 10.1 Å². The summed E-state index contributed by atoms with van der Waals surface area (Å²) in [4.78, 5) is 19.3. The van der Waals surface area contributed by atoms with Crippen LogP contribution in [-0.4, -0.2) is 45.7 Å². The van der Waals surface area contributed by atoms with Crippen LogP contribution in [0.25, 0.3) is 0 Å². The summed E-state index contributed by atoms with van der Waals surface area (Å²) >= 11 is 5.73. The average molecular weight is 496 g/mol. The molecule has 1 saturated heterocycles. The normalized spacial score (nSPS) is 17.5. The maximum atomic E-state index is 13.2. The first kappa shape index (κ1) is 24.8. The molecule has 1 amide bonds. The number of thiocarbonyl (C=S) groups is 1. The number of hydrogen-bond donors (Lipinski definition) is 2. The smallest absolute Gasteiger partial charge is 0.226 e. The van der Waals surface area contributed by atoms with Gasteiger partial charge in [0.2, 0.25) is 5.91 Å². The Hall–Kier alpha value is -3.30. The monoisotopic (exact) mass is 495 g/mol. The number of methoxy groups -OCH3 is 1. The molecule has 0 saturated carbocycles. The first-order chi connectivity index (χ1) is 16.9. The first-order valence-corrected chi connectivity index (χ1v) is 12.0. The molecular formula is C26H30FN5O2S. The van der Waals surface area contributed by atoms with Gasteiger partial charge in [0.05, 0.1) is 24.4 Å². The number of aromatic nitrogens is 2. The second-order valence-electron chi connectivity index (χ2n) is 8.60. The maximum Gasteiger partial charge on any atom is 0.226 e. The molecule has 0 bridgehead atoms. The van der Waals surface area contributed by atoms with Crippen LogP contribution in [0, 0.1) is 19.7 Å². The van der Waals surface area contributed by atoms with E-state index in [4.69, 9.17) is 17.0 Å². The van der Waals surface area contributed by atoms with E-state index in [9.17, 15) is 9.18 Å². The van der Waals surface area contributed by atoms with E-state index in [1.54, 1.807) is 25.4 Å². The van der Waals surface area contributed by atoms with Crippen molar-refractivity contribution in [3.05, 3.63) is 83.2 Å². The van der Waals surface area contributed by atoms with Crippen LogP contribution in [0.15, 0.2) is 54.7 Å². The number of amides is 1. The lowest BCUT2D eigenvalue weighted by molar-refractivity contribution is -0.116. The topological polar surface area (TPSA) is 71.4 Å². The van der Waals surface area contributed by atoms with Gasteiger partial charge in [0.1, 0.15) is 5.82 Å². The number of carbonyl (C=O) groups is 1. The van der Waals surface area contributed by atoms with Gasteiger partial charge in [0.15, 0.2) is 5.11 Å². The summed E-state index contributed by atoms with van der Waals surface area (Å²) < 4.78 is 20.7. The van der Waals surface area contributed by atoms with Crippen molar-refractivity contribution >= 4 is 28.9 Å². The summed E-state index contributed by atoms with van der Waals surface area (Å²) in [6.07, 6.45) is 2.00. The Kier molecular flexibility index (Phi) is 7.77. The molecule has 2 atom stereocenters. The molecule has 1 aromatic carbocycles. The van der Waals surface area contributed by atoms with Gasteiger partial charge >= 0.3 is 0 Å². The Morgan fingerprint density at radius 1 is 1.20 bits per heavy atom. The summed E-state index contributed by atoms with van der Waals surface area (Å²) in [5.74, 6) is -0.506. The van der Waals surface area contributed by atoms with Crippen molar-refractivity contribution in [1.29, 1.82) is 0 Å². The second kappa shape index (κ2) is 11.0. The highest BCUT2D eigenvalue weighted by atomic mass is 32.1. The van der Waals surface area contributed by atoms with Gasteiger partial charge in [-0.1, -0.05) is 6.07 Å². The lowest BCUT2D eigenvalue weighted by atomic mass is 9.96. The van der Waals surface area contributed by atoms with Crippen LogP contribution in [-0.2, 0) is 16.1 Å². The molecule has 35 heavy (non-hydrogen) atoms. The van der Waals surface area contributed by atoms with E-state index in [1.807, 2.05) is 18.2 Å². The molecule has 4 rings (SSSR count). The van der Waals surface area contributed by atoms with E-state index in [1.165, 1.54) is 12.1 Å². The summed E-state index contributed by atoms with van der Waals surface area (Å²) in [7, 11) is 1.70. The van der Waals surface area contributed by atoms with Gasteiger partial charge < -0.3 is 24.8 Å². The standard InChI is InChI=1S/C26H30FN5O2S/c1-17-16-21(18(2)31(17)14-15-34-3)25-24(22-6-4-5-12-28-22)30-26(35)32(25)13-11-23(33)29-20-9-7-19(27)8-10-20/h4-10,12,16,24-25H,11,13-15H2,1-3H3,(H,29,33)(H,30,35)/t24-,25+/m1/s1. The number of benzene rings is 1. The minimum Gasteiger partial charge on any atom is -0.383 e. The lowest BCUT2D eigenvalue weighted by Crippen LogP contribution is -2.33. The first-order valence-electron chi connectivity index (χ1n) is 11.6. The lowest BCUT2D eigenvalue weighted by Gasteiger charge is -2.28. The average Bonchev–Trinajstić information content (AvgIpc) is 3.33. The molecule has 1 fully saturated rings. The number of anilines is 1. The summed E-state index contributed by atoms with van der Waals surface area (Å²) in [5.41, 5.74) is 4.86. The largest absolute Gasteiger partial charge is 0.383 e. The van der Waals surface area contributed by atoms with Crippen LogP contribution in [0.1, 0.15) is 41.1 Å². The zero-order chi connectivity index (χ0) is 24.9. The summed E-state index contributed by atoms with van der Waals surface area (Å²) in [5, 5.41) is 6.85. The Morgan fingerprint density at radius 3 is 2.66 bits per heavy atom. The van der Waals surface area contributed by atoms with Crippen LogP contribution < -0.4 is 10.6 Å². The fourth-order valence-electron chi connectivity index (χ4n) is 4.62. The molecule has 1 aliphatic rings. The minimum absolute atomic E-state index is 0.126. The SMILES string of the molecule is COCCn1c(C)cc([C@H]2[C@@H](c3ccccn3)NC(=S)N2CCC(=O)Nc2ccc(F)cc2)c1C. The molecule has 0 aliphatic carbocycles. The highest BCUT2D eigenvalue weighted by Gasteiger charge is 2.41. The van der Waals surface area contributed by atoms with Crippen LogP contribution >= 0.6 is 12.2 Å². The van der Waals surface area contributed by atoms with Crippen molar-refractivity contribution in [3.8, 4) is 0 Å². The molecule has 0 spiro atoms. The molecule has 2 N–H and O–H groups in total. The summed E-state index contributed by atoms with van der Waals surface area (Å²) in [6, 6.07) is 13.5. The van der Waals surface area contributed by atoms with E-state index in [0.717, 1.165) is 29.2 Å². The van der Waals surface area contributed by atoms with Gasteiger partial charge in [-0.25, -0.2) is 4.39 Å². The Balaban J connectivity index is 1.59. The Bertz CT molecular complexity index is 1180. The van der Waals surface area contributed by atoms with Gasteiger partial charge in [-0.2, -0.15) is 0 Å². The molecule has 9 heteroatoms. The third-order valence-electron chi connectivity index (χ3n) is 6.36. The van der Waals surface area contributed by atoms with Gasteiger partial charge in [0, 0.05) is 49.9 Å². The fraction of sp³-hybridized carbons (Fsp3) is 0.346. The number of nitrogens with zero attached hydrogens (tertiary/aromatic N) is 3. The molecule has 7 nitrogen and oxygen atoms in total. The van der Waals surface area contributed by atoms with Crippen molar-refractivity contribution in [2.24, 2.45) is 0 Å². The number of ether oxygens (including phenoxy) is 1. The van der Waals surface area contributed by atoms with Gasteiger partial charge in [-0.3, -0.25) is 9.78 Å². The Labute approximate surface area is 210 Å². The van der Waals surface area contributed by atoms with Gasteiger partial charge in [-0.05, 0) is 74.1 Å². The van der Waals surface area contributed by atoms with Gasteiger partial charge in [0.25, 0.3) is 0 Å². The van der Waals surface area contributed by atoms with Crippen molar-refractivity contribution in [2.75, 3.05) is 25.6 Å². The van der Waals surface area contributed by atoms with Gasteiger partial charge in [-0.15, -0.1) is 0 Å². The molecule has 3 heterocycles. The summed E-state index contributed by atoms with van der Waals surface area (Å²) in [6.45, 7) is 5.99. The predicted octanol–water partition coefficient (Wildman–Crippen LogP) is 4.29. The quantitative estimate of drug-likeness (QED) is 0.432. The molecule has 1 aliphatic heterocycles. The maximum absolute atomic E-state index is 13.2. The van der Waals surface area contributed by atoms with E-state index in [-0.39, 0.29) is 30.2 Å². The third-order valence-corrected chi connectivity index (χ3v) is 6.71. The number of halogens is 1. The van der Waals surface area contributed by atoms with Crippen molar-refractivity contribution < 1.29 is 13.9 Å². The highest BCUT2D eigenvalue weighted by molar-refractivity contribution is 7.80. The number of pyridine rings is 1. The third kappa shape index (κ3) is 5.52. The number of nitrogens with one attached hydrogen (secondary N) is 2. The molecular weight excluding hydrogens is 465 g/mol. The number of hydrogen-bond acceptors (Lipinski definition) is 4. The van der Waals surface area contributed by atoms with E-state index < -0.39 is 0 Å². The molecule has 0 unspecified atom stereocenters. The van der Waals surface area contributed by atoms with Crippen LogP contribution in [0.2, 0.25) is 0 Å². The van der Waals surface area contributed by atoms with Crippen molar-refractivity contribution in [2.45, 2.75) is 38.9 Å². The number of aryl methyl sites for hydroxylation is 1. The zero-order valence-electron chi connectivity index (χ0n) is 20.1. The van der Waals surface area contributed by atoms with Crippen LogP contribution in [0.5, 0.6) is 0 Å². The van der Waals surface area contributed by atoms with E-state index in [2.05, 4.69) is 45.0 Å². The molecule has 3 aromatic rings. The minimum atomic E-state index is -0.344. The fourth-order valence-corrected chi connectivity index (χ4v) is 4.95.